The molecule has 4 nitrogen and oxygen atoms in total. The Morgan fingerprint density at radius 1 is 1.30 bits per heavy atom. The van der Waals surface area contributed by atoms with Crippen molar-refractivity contribution in [3.8, 4) is 5.75 Å². The van der Waals surface area contributed by atoms with E-state index >= 15 is 0 Å². The maximum atomic E-state index is 13.1. The van der Waals surface area contributed by atoms with Gasteiger partial charge in [0.05, 0.1) is 18.1 Å². The van der Waals surface area contributed by atoms with Crippen LogP contribution in [0.4, 0.5) is 10.1 Å². The van der Waals surface area contributed by atoms with Gasteiger partial charge in [0.15, 0.2) is 0 Å². The summed E-state index contributed by atoms with van der Waals surface area (Å²) in [6.45, 7) is 0.819. The van der Waals surface area contributed by atoms with E-state index in [2.05, 4.69) is 21.2 Å². The number of ether oxygens (including phenoxy) is 1. The van der Waals surface area contributed by atoms with Crippen molar-refractivity contribution in [2.75, 3.05) is 26.0 Å². The Bertz CT molecular complexity index is 694. The zero-order valence-electron chi connectivity index (χ0n) is 13.0. The van der Waals surface area contributed by atoms with E-state index in [0.717, 1.165) is 15.8 Å². The van der Waals surface area contributed by atoms with Crippen molar-refractivity contribution >= 4 is 27.5 Å². The Morgan fingerprint density at radius 3 is 2.74 bits per heavy atom. The van der Waals surface area contributed by atoms with Crippen LogP contribution in [0.2, 0.25) is 0 Å². The van der Waals surface area contributed by atoms with E-state index in [4.69, 9.17) is 4.74 Å². The smallest absolute Gasteiger partial charge is 0.238 e. The van der Waals surface area contributed by atoms with Gasteiger partial charge in [0.25, 0.3) is 0 Å². The molecule has 0 atom stereocenters. The van der Waals surface area contributed by atoms with Crippen molar-refractivity contribution in [1.29, 1.82) is 0 Å². The van der Waals surface area contributed by atoms with Crippen LogP contribution in [0.3, 0.4) is 0 Å². The largest absolute Gasteiger partial charge is 0.496 e. The molecule has 2 rings (SSSR count). The summed E-state index contributed by atoms with van der Waals surface area (Å²) < 4.78 is 19.2. The summed E-state index contributed by atoms with van der Waals surface area (Å²) >= 11 is 3.44. The number of benzene rings is 2. The normalized spacial score (nSPS) is 10.7. The van der Waals surface area contributed by atoms with Gasteiger partial charge in [0.2, 0.25) is 5.91 Å². The number of nitrogens with one attached hydrogen (secondary N) is 1. The van der Waals surface area contributed by atoms with Gasteiger partial charge in [-0.05, 0) is 58.9 Å². The van der Waals surface area contributed by atoms with E-state index in [1.165, 1.54) is 12.1 Å². The molecule has 0 unspecified atom stereocenters. The lowest BCUT2D eigenvalue weighted by Crippen LogP contribution is -2.29. The van der Waals surface area contributed by atoms with Crippen LogP contribution in [-0.4, -0.2) is 31.5 Å². The molecule has 6 heteroatoms. The molecule has 0 spiro atoms. The third-order valence-electron chi connectivity index (χ3n) is 3.19. The number of rotatable bonds is 6. The lowest BCUT2D eigenvalue weighted by atomic mass is 10.2. The Morgan fingerprint density at radius 2 is 2.09 bits per heavy atom. The first kappa shape index (κ1) is 17.4. The predicted molar refractivity (Wildman–Crippen MR) is 92.1 cm³/mol. The number of amides is 1. The Kier molecular flexibility index (Phi) is 6.12. The minimum absolute atomic E-state index is 0.189. The second-order valence-corrected chi connectivity index (χ2v) is 6.05. The van der Waals surface area contributed by atoms with Crippen LogP contribution >= 0.6 is 15.9 Å². The Balaban J connectivity index is 1.90. The highest BCUT2D eigenvalue weighted by atomic mass is 79.9. The highest BCUT2D eigenvalue weighted by Gasteiger charge is 2.09. The first-order valence-electron chi connectivity index (χ1n) is 7.04. The number of halogens is 2. The summed E-state index contributed by atoms with van der Waals surface area (Å²) in [5.41, 5.74) is 1.51. The van der Waals surface area contributed by atoms with Crippen molar-refractivity contribution in [2.45, 2.75) is 6.54 Å². The van der Waals surface area contributed by atoms with Crippen LogP contribution in [0, 0.1) is 5.82 Å². The molecule has 23 heavy (non-hydrogen) atoms. The third-order valence-corrected chi connectivity index (χ3v) is 3.81. The summed E-state index contributed by atoms with van der Waals surface area (Å²) in [5, 5.41) is 2.68. The van der Waals surface area contributed by atoms with Crippen LogP contribution in [-0.2, 0) is 11.3 Å². The van der Waals surface area contributed by atoms with Gasteiger partial charge < -0.3 is 10.1 Å². The SMILES string of the molecule is COc1ccc(CN(C)CC(=O)Nc2cccc(F)c2)cc1Br. The monoisotopic (exact) mass is 380 g/mol. The van der Waals surface area contributed by atoms with Crippen LogP contribution in [0.25, 0.3) is 0 Å². The fourth-order valence-corrected chi connectivity index (χ4v) is 2.78. The highest BCUT2D eigenvalue weighted by Crippen LogP contribution is 2.25. The van der Waals surface area contributed by atoms with Gasteiger partial charge >= 0.3 is 0 Å². The standard InChI is InChI=1S/C17H18BrFN2O2/c1-21(10-12-6-7-16(23-2)15(18)8-12)11-17(22)20-14-5-3-4-13(19)9-14/h3-9H,10-11H2,1-2H3,(H,20,22). The average molecular weight is 381 g/mol. The number of carbonyl (C=O) groups is 1. The van der Waals surface area contributed by atoms with E-state index in [9.17, 15) is 9.18 Å². The number of carbonyl (C=O) groups excluding carboxylic acids is 1. The quantitative estimate of drug-likeness (QED) is 0.831. The maximum Gasteiger partial charge on any atom is 0.238 e. The Labute approximate surface area is 143 Å². The number of anilines is 1. The summed E-state index contributed by atoms with van der Waals surface area (Å²) in [5.74, 6) is 0.199. The lowest BCUT2D eigenvalue weighted by molar-refractivity contribution is -0.117. The molecule has 2 aromatic carbocycles. The van der Waals surface area contributed by atoms with Gasteiger partial charge in [-0.1, -0.05) is 12.1 Å². The van der Waals surface area contributed by atoms with Gasteiger partial charge in [-0.2, -0.15) is 0 Å². The maximum absolute atomic E-state index is 13.1. The predicted octanol–water partition coefficient (Wildman–Crippen LogP) is 3.67. The van der Waals surface area contributed by atoms with E-state index < -0.39 is 0 Å². The molecule has 0 aromatic heterocycles. The number of hydrogen-bond donors (Lipinski definition) is 1. The topological polar surface area (TPSA) is 41.6 Å². The zero-order valence-corrected chi connectivity index (χ0v) is 14.6. The molecule has 0 bridgehead atoms. The zero-order chi connectivity index (χ0) is 16.8. The molecule has 2 aromatic rings. The third kappa shape index (κ3) is 5.33. The van der Waals surface area contributed by atoms with Gasteiger partial charge in [0.1, 0.15) is 11.6 Å². The fourth-order valence-electron chi connectivity index (χ4n) is 2.19. The van der Waals surface area contributed by atoms with E-state index in [-0.39, 0.29) is 18.3 Å². The van der Waals surface area contributed by atoms with E-state index in [1.54, 1.807) is 19.2 Å². The molecule has 0 saturated carbocycles. The Hall–Kier alpha value is -1.92. The average Bonchev–Trinajstić information content (AvgIpc) is 2.47. The van der Waals surface area contributed by atoms with Gasteiger partial charge in [0, 0.05) is 12.2 Å². The molecular weight excluding hydrogens is 363 g/mol. The molecule has 0 aliphatic carbocycles. The van der Waals surface area contributed by atoms with E-state index in [1.807, 2.05) is 30.1 Å². The molecule has 0 saturated heterocycles. The highest BCUT2D eigenvalue weighted by molar-refractivity contribution is 9.10. The molecular formula is C17H18BrFN2O2. The minimum Gasteiger partial charge on any atom is -0.496 e. The summed E-state index contributed by atoms with van der Waals surface area (Å²) in [4.78, 5) is 13.9. The second kappa shape index (κ2) is 8.08. The summed E-state index contributed by atoms with van der Waals surface area (Å²) in [6.07, 6.45) is 0. The van der Waals surface area contributed by atoms with Crippen molar-refractivity contribution in [2.24, 2.45) is 0 Å². The molecule has 0 fully saturated rings. The van der Waals surface area contributed by atoms with Crippen LogP contribution in [0.5, 0.6) is 5.75 Å². The van der Waals surface area contributed by atoms with Crippen molar-refractivity contribution in [3.05, 3.63) is 58.3 Å². The number of hydrogen-bond acceptors (Lipinski definition) is 3. The van der Waals surface area contributed by atoms with Crippen LogP contribution < -0.4 is 10.1 Å². The van der Waals surface area contributed by atoms with Crippen LogP contribution in [0.15, 0.2) is 46.9 Å². The van der Waals surface area contributed by atoms with Crippen LogP contribution in [0.1, 0.15) is 5.56 Å². The molecule has 0 aliphatic rings. The molecule has 122 valence electrons. The van der Waals surface area contributed by atoms with Crippen molar-refractivity contribution < 1.29 is 13.9 Å². The van der Waals surface area contributed by atoms with Gasteiger partial charge in [-0.25, -0.2) is 4.39 Å². The molecule has 0 aliphatic heterocycles. The van der Waals surface area contributed by atoms with Gasteiger partial charge in [-0.15, -0.1) is 0 Å². The minimum atomic E-state index is -0.376. The first-order chi connectivity index (χ1) is 11.0. The first-order valence-corrected chi connectivity index (χ1v) is 7.83. The fraction of sp³-hybridized carbons (Fsp3) is 0.235. The molecule has 1 amide bonds. The lowest BCUT2D eigenvalue weighted by Gasteiger charge is -2.17. The van der Waals surface area contributed by atoms with Crippen molar-refractivity contribution in [1.82, 2.24) is 4.90 Å². The summed E-state index contributed by atoms with van der Waals surface area (Å²) in [7, 11) is 3.46. The van der Waals surface area contributed by atoms with Gasteiger partial charge in [-0.3, -0.25) is 9.69 Å². The van der Waals surface area contributed by atoms with Crippen molar-refractivity contribution in [3.63, 3.8) is 0 Å². The number of nitrogens with zero attached hydrogens (tertiary/aromatic N) is 1. The molecule has 0 heterocycles. The molecule has 0 radical (unpaired) electrons. The second-order valence-electron chi connectivity index (χ2n) is 5.20. The van der Waals surface area contributed by atoms with E-state index in [0.29, 0.717) is 12.2 Å². The number of methoxy groups -OCH3 is 1. The number of likely N-dealkylation sites (N-methyl/N-ethyl adjacent to an activating group) is 1. The summed E-state index contributed by atoms with van der Waals surface area (Å²) in [6, 6.07) is 11.6. The molecule has 1 N–H and O–H groups in total.